The number of hydrogen-bond donors (Lipinski definition) is 1. The van der Waals surface area contributed by atoms with Crippen LogP contribution in [0.3, 0.4) is 0 Å². The molecule has 3 unspecified atom stereocenters. The molecule has 3 atom stereocenters. The van der Waals surface area contributed by atoms with Gasteiger partial charge >= 0.3 is 5.97 Å². The van der Waals surface area contributed by atoms with Gasteiger partial charge in [-0.1, -0.05) is 13.8 Å². The van der Waals surface area contributed by atoms with E-state index in [-0.39, 0.29) is 11.9 Å². The first-order valence-corrected chi connectivity index (χ1v) is 6.69. The molecule has 0 saturated carbocycles. The number of nitrogens with zero attached hydrogens (tertiary/aromatic N) is 1. The van der Waals surface area contributed by atoms with Crippen LogP contribution >= 0.6 is 0 Å². The first kappa shape index (κ1) is 13.3. The molecular weight excluding hydrogens is 234 g/mol. The minimum Gasteiger partial charge on any atom is -0.479 e. The van der Waals surface area contributed by atoms with E-state index in [4.69, 9.17) is 9.84 Å². The number of rotatable bonds is 3. The first-order chi connectivity index (χ1) is 8.50. The molecule has 0 aromatic carbocycles. The molecule has 18 heavy (non-hydrogen) atoms. The Morgan fingerprint density at radius 2 is 1.89 bits per heavy atom. The molecule has 0 aromatic rings. The Bertz CT molecular complexity index is 342. The Morgan fingerprint density at radius 1 is 1.22 bits per heavy atom. The van der Waals surface area contributed by atoms with Gasteiger partial charge in [-0.25, -0.2) is 4.79 Å². The summed E-state index contributed by atoms with van der Waals surface area (Å²) in [5.41, 5.74) is 0. The van der Waals surface area contributed by atoms with Crippen LogP contribution in [0.5, 0.6) is 0 Å². The van der Waals surface area contributed by atoms with E-state index in [1.54, 1.807) is 0 Å². The first-order valence-electron chi connectivity index (χ1n) is 6.69. The van der Waals surface area contributed by atoms with Crippen molar-refractivity contribution in [2.45, 2.75) is 57.8 Å². The number of ether oxygens (including phenoxy) is 1. The van der Waals surface area contributed by atoms with Gasteiger partial charge in [0, 0.05) is 12.6 Å². The largest absolute Gasteiger partial charge is 0.479 e. The summed E-state index contributed by atoms with van der Waals surface area (Å²) >= 11 is 0. The number of carbonyl (C=O) groups is 2. The molecule has 2 heterocycles. The highest BCUT2D eigenvalue weighted by molar-refractivity contribution is 5.83. The quantitative estimate of drug-likeness (QED) is 0.824. The molecule has 5 nitrogen and oxygen atoms in total. The fourth-order valence-electron chi connectivity index (χ4n) is 2.94. The van der Waals surface area contributed by atoms with Crippen LogP contribution in [0.1, 0.15) is 39.5 Å². The highest BCUT2D eigenvalue weighted by Gasteiger charge is 2.40. The van der Waals surface area contributed by atoms with Crippen molar-refractivity contribution in [3.63, 3.8) is 0 Å². The number of hydrogen-bond acceptors (Lipinski definition) is 3. The highest BCUT2D eigenvalue weighted by atomic mass is 16.5. The molecule has 1 amide bonds. The number of carboxylic acid groups (broad SMARTS) is 1. The molecular formula is C13H21NO4. The normalized spacial score (nSPS) is 32.2. The van der Waals surface area contributed by atoms with Crippen molar-refractivity contribution in [3.8, 4) is 0 Å². The molecule has 0 bridgehead atoms. The number of aliphatic carboxylic acids is 1. The number of carboxylic acids is 1. The average molecular weight is 255 g/mol. The van der Waals surface area contributed by atoms with Crippen molar-refractivity contribution in [2.24, 2.45) is 5.92 Å². The van der Waals surface area contributed by atoms with Crippen LogP contribution in [0.15, 0.2) is 0 Å². The van der Waals surface area contributed by atoms with Gasteiger partial charge in [-0.3, -0.25) is 4.79 Å². The lowest BCUT2D eigenvalue weighted by molar-refractivity contribution is -0.155. The van der Waals surface area contributed by atoms with Gasteiger partial charge in [-0.05, 0) is 31.6 Å². The zero-order valence-corrected chi connectivity index (χ0v) is 11.0. The summed E-state index contributed by atoms with van der Waals surface area (Å²) < 4.78 is 5.33. The van der Waals surface area contributed by atoms with Crippen molar-refractivity contribution < 1.29 is 19.4 Å². The van der Waals surface area contributed by atoms with Crippen molar-refractivity contribution >= 4 is 11.9 Å². The predicted octanol–water partition coefficient (Wildman–Crippen LogP) is 1.27. The van der Waals surface area contributed by atoms with Crippen LogP contribution in [0.25, 0.3) is 0 Å². The van der Waals surface area contributed by atoms with Gasteiger partial charge in [0.2, 0.25) is 0 Å². The van der Waals surface area contributed by atoms with Crippen molar-refractivity contribution in [1.29, 1.82) is 0 Å². The molecule has 5 heteroatoms. The monoisotopic (exact) mass is 255 g/mol. The standard InChI is InChI=1S/C13H21NO4/c1-8(2)9-4-3-7-14(9)12(15)10-5-6-11(18-10)13(16)17/h8-11H,3-7H2,1-2H3,(H,16,17). The van der Waals surface area contributed by atoms with Gasteiger partial charge < -0.3 is 14.7 Å². The SMILES string of the molecule is CC(C)C1CCCN1C(=O)C1CCC(C(=O)O)O1. The van der Waals surface area contributed by atoms with E-state index >= 15 is 0 Å². The molecule has 0 radical (unpaired) electrons. The second-order valence-electron chi connectivity index (χ2n) is 5.51. The number of likely N-dealkylation sites (tertiary alicyclic amines) is 1. The Balaban J connectivity index is 1.98. The Labute approximate surface area is 107 Å². The lowest BCUT2D eigenvalue weighted by atomic mass is 10.0. The van der Waals surface area contributed by atoms with E-state index < -0.39 is 18.2 Å². The molecule has 2 rings (SSSR count). The third kappa shape index (κ3) is 2.51. The molecule has 0 aromatic heterocycles. The minimum atomic E-state index is -0.966. The second kappa shape index (κ2) is 5.26. The molecule has 2 saturated heterocycles. The van der Waals surface area contributed by atoms with Gasteiger partial charge in [-0.15, -0.1) is 0 Å². The zero-order valence-electron chi connectivity index (χ0n) is 11.0. The van der Waals surface area contributed by atoms with Crippen molar-refractivity contribution in [1.82, 2.24) is 4.90 Å². The maximum Gasteiger partial charge on any atom is 0.332 e. The van der Waals surface area contributed by atoms with E-state index in [1.807, 2.05) is 4.90 Å². The topological polar surface area (TPSA) is 66.8 Å². The Morgan fingerprint density at radius 3 is 2.44 bits per heavy atom. The molecule has 0 spiro atoms. The summed E-state index contributed by atoms with van der Waals surface area (Å²) in [7, 11) is 0. The average Bonchev–Trinajstić information content (AvgIpc) is 2.97. The summed E-state index contributed by atoms with van der Waals surface area (Å²) in [5.74, 6) is -0.546. The van der Waals surface area contributed by atoms with E-state index in [2.05, 4.69) is 13.8 Å². The maximum absolute atomic E-state index is 12.3. The van der Waals surface area contributed by atoms with Crippen LogP contribution in [-0.2, 0) is 14.3 Å². The minimum absolute atomic E-state index is 0.0186. The molecule has 2 fully saturated rings. The van der Waals surface area contributed by atoms with Gasteiger partial charge in [-0.2, -0.15) is 0 Å². The maximum atomic E-state index is 12.3. The summed E-state index contributed by atoms with van der Waals surface area (Å²) in [4.78, 5) is 25.0. The highest BCUT2D eigenvalue weighted by Crippen LogP contribution is 2.28. The van der Waals surface area contributed by atoms with E-state index in [9.17, 15) is 9.59 Å². The van der Waals surface area contributed by atoms with E-state index in [1.165, 1.54) is 0 Å². The van der Waals surface area contributed by atoms with Crippen molar-refractivity contribution in [3.05, 3.63) is 0 Å². The molecule has 0 aliphatic carbocycles. The lowest BCUT2D eigenvalue weighted by Crippen LogP contribution is -2.44. The summed E-state index contributed by atoms with van der Waals surface area (Å²) in [6, 6.07) is 0.282. The van der Waals surface area contributed by atoms with Crippen LogP contribution in [0.4, 0.5) is 0 Å². The second-order valence-corrected chi connectivity index (χ2v) is 5.51. The number of amides is 1. The third-order valence-electron chi connectivity index (χ3n) is 3.92. The predicted molar refractivity (Wildman–Crippen MR) is 65.1 cm³/mol. The fraction of sp³-hybridized carbons (Fsp3) is 0.846. The Hall–Kier alpha value is -1.10. The van der Waals surface area contributed by atoms with Gasteiger partial charge in [0.1, 0.15) is 6.10 Å². The zero-order chi connectivity index (χ0) is 13.3. The number of carbonyl (C=O) groups excluding carboxylic acids is 1. The van der Waals surface area contributed by atoms with Gasteiger partial charge in [0.15, 0.2) is 6.10 Å². The van der Waals surface area contributed by atoms with Crippen molar-refractivity contribution in [2.75, 3.05) is 6.54 Å². The Kier molecular flexibility index (Phi) is 3.90. The van der Waals surface area contributed by atoms with Crippen LogP contribution in [0.2, 0.25) is 0 Å². The fourth-order valence-corrected chi connectivity index (χ4v) is 2.94. The van der Waals surface area contributed by atoms with Gasteiger partial charge in [0.25, 0.3) is 5.91 Å². The molecule has 102 valence electrons. The van der Waals surface area contributed by atoms with Gasteiger partial charge in [0.05, 0.1) is 0 Å². The lowest BCUT2D eigenvalue weighted by Gasteiger charge is -2.29. The smallest absolute Gasteiger partial charge is 0.332 e. The summed E-state index contributed by atoms with van der Waals surface area (Å²) in [6.45, 7) is 5.01. The van der Waals surface area contributed by atoms with Crippen LogP contribution < -0.4 is 0 Å². The third-order valence-corrected chi connectivity index (χ3v) is 3.92. The van der Waals surface area contributed by atoms with Crippen LogP contribution in [-0.4, -0.2) is 46.7 Å². The van der Waals surface area contributed by atoms with E-state index in [0.717, 1.165) is 19.4 Å². The summed E-state index contributed by atoms with van der Waals surface area (Å²) in [5, 5.41) is 8.87. The molecule has 2 aliphatic heterocycles. The molecule has 1 N–H and O–H groups in total. The summed E-state index contributed by atoms with van der Waals surface area (Å²) in [6.07, 6.45) is 1.68. The molecule has 2 aliphatic rings. The van der Waals surface area contributed by atoms with E-state index in [0.29, 0.717) is 18.8 Å². The van der Waals surface area contributed by atoms with Crippen LogP contribution in [0, 0.1) is 5.92 Å².